The minimum absolute atomic E-state index is 0.0220. The molecule has 1 aliphatic rings. The third-order valence-corrected chi connectivity index (χ3v) is 7.72. The number of nitrogens with one attached hydrogen (secondary N) is 1. The molecule has 0 bridgehead atoms. The van der Waals surface area contributed by atoms with E-state index in [0.717, 1.165) is 29.5 Å². The van der Waals surface area contributed by atoms with E-state index in [0.29, 0.717) is 42.3 Å². The largest absolute Gasteiger partial charge is 0.481 e. The van der Waals surface area contributed by atoms with Crippen molar-refractivity contribution in [3.63, 3.8) is 0 Å². The number of hydrogen-bond acceptors (Lipinski definition) is 9. The van der Waals surface area contributed by atoms with E-state index < -0.39 is 12.3 Å². The third kappa shape index (κ3) is 8.85. The van der Waals surface area contributed by atoms with Crippen molar-refractivity contribution >= 4 is 29.3 Å². The molecule has 3 aromatic rings. The van der Waals surface area contributed by atoms with Gasteiger partial charge in [-0.05, 0) is 46.5 Å². The molecule has 1 aromatic heterocycles. The number of unbranched alkanes of at least 4 members (excludes halogenated alkanes) is 3. The molecule has 11 nitrogen and oxygen atoms in total. The van der Waals surface area contributed by atoms with E-state index in [1.807, 2.05) is 48.5 Å². The van der Waals surface area contributed by atoms with Gasteiger partial charge in [0.05, 0.1) is 18.8 Å². The van der Waals surface area contributed by atoms with Gasteiger partial charge in [0.2, 0.25) is 11.1 Å². The van der Waals surface area contributed by atoms with Crippen molar-refractivity contribution in [3.05, 3.63) is 65.2 Å². The summed E-state index contributed by atoms with van der Waals surface area (Å²) in [6, 6.07) is 15.2. The number of thioether (sulfide) groups is 1. The van der Waals surface area contributed by atoms with Crippen molar-refractivity contribution in [2.45, 2.75) is 75.2 Å². The van der Waals surface area contributed by atoms with E-state index in [1.165, 1.54) is 11.8 Å². The number of benzene rings is 2. The number of hydrogen-bond donors (Lipinski definition) is 3. The zero-order chi connectivity index (χ0) is 28.3. The number of amides is 1. The molecule has 12 heteroatoms. The highest BCUT2D eigenvalue weighted by Crippen LogP contribution is 2.39. The van der Waals surface area contributed by atoms with Crippen LogP contribution < -0.4 is 5.32 Å². The Bertz CT molecular complexity index is 1250. The SMILES string of the molecule is Cn1nnnc1SC[C@@H]1C[C@H](c2ccc(CO)cc2)O[C@H](c2cccc(NC(=O)CCCCCCC(=O)O)c2)O1. The van der Waals surface area contributed by atoms with E-state index in [-0.39, 0.29) is 31.1 Å². The number of rotatable bonds is 14. The lowest BCUT2D eigenvalue weighted by molar-refractivity contribution is -0.245. The first kappa shape index (κ1) is 29.7. The highest BCUT2D eigenvalue weighted by atomic mass is 32.2. The summed E-state index contributed by atoms with van der Waals surface area (Å²) >= 11 is 1.51. The van der Waals surface area contributed by atoms with Gasteiger partial charge in [0.1, 0.15) is 0 Å². The van der Waals surface area contributed by atoms with Crippen molar-refractivity contribution in [3.8, 4) is 0 Å². The van der Waals surface area contributed by atoms with Crippen LogP contribution in [0.25, 0.3) is 0 Å². The smallest absolute Gasteiger partial charge is 0.303 e. The summed E-state index contributed by atoms with van der Waals surface area (Å²) in [5, 5.41) is 33.4. The van der Waals surface area contributed by atoms with Crippen molar-refractivity contribution in [2.24, 2.45) is 7.05 Å². The molecular formula is C28H35N5O6S. The number of anilines is 1. The van der Waals surface area contributed by atoms with Crippen molar-refractivity contribution in [2.75, 3.05) is 11.1 Å². The van der Waals surface area contributed by atoms with Gasteiger partial charge in [-0.1, -0.05) is 61.0 Å². The van der Waals surface area contributed by atoms with Crippen LogP contribution in [-0.4, -0.2) is 54.2 Å². The molecule has 4 rings (SSSR count). The summed E-state index contributed by atoms with van der Waals surface area (Å²) in [7, 11) is 1.79. The number of aliphatic hydroxyl groups is 1. The Balaban J connectivity index is 1.40. The van der Waals surface area contributed by atoms with Gasteiger partial charge in [-0.3, -0.25) is 9.59 Å². The standard InChI is InChI=1S/C28H35N5O6S/c1-33-28(30-31-32-33)40-18-23-16-24(20-13-11-19(17-34)12-14-20)39-27(38-23)21-7-6-8-22(15-21)29-25(35)9-4-2-3-5-10-26(36)37/h6-8,11-15,23-24,27,34H,2-5,9-10,16-18H2,1H3,(H,29,35)(H,36,37)/t23-,24+,27+/m0/s1. The van der Waals surface area contributed by atoms with Gasteiger partial charge in [0, 0.05) is 43.3 Å². The Morgan fingerprint density at radius 2 is 1.82 bits per heavy atom. The third-order valence-electron chi connectivity index (χ3n) is 6.58. The lowest BCUT2D eigenvalue weighted by Crippen LogP contribution is -2.31. The lowest BCUT2D eigenvalue weighted by Gasteiger charge is -2.36. The number of aliphatic hydroxyl groups excluding tert-OH is 1. The maximum atomic E-state index is 12.5. The zero-order valence-electron chi connectivity index (χ0n) is 22.4. The molecule has 3 N–H and O–H groups in total. The fourth-order valence-electron chi connectivity index (χ4n) is 4.44. The number of carbonyl (C=O) groups excluding carboxylic acids is 1. The van der Waals surface area contributed by atoms with Gasteiger partial charge in [-0.25, -0.2) is 4.68 Å². The Morgan fingerprint density at radius 1 is 1.05 bits per heavy atom. The van der Waals surface area contributed by atoms with Crippen molar-refractivity contribution < 1.29 is 29.3 Å². The summed E-state index contributed by atoms with van der Waals surface area (Å²) in [5.74, 6) is -0.251. The molecule has 0 aliphatic carbocycles. The van der Waals surface area contributed by atoms with E-state index >= 15 is 0 Å². The second kappa shape index (κ2) is 14.9. The van der Waals surface area contributed by atoms with E-state index in [4.69, 9.17) is 14.6 Å². The number of tetrazole rings is 1. The molecule has 40 heavy (non-hydrogen) atoms. The van der Waals surface area contributed by atoms with Gasteiger partial charge in [0.25, 0.3) is 0 Å². The fourth-order valence-corrected chi connectivity index (χ4v) is 5.30. The minimum atomic E-state index is -0.790. The molecule has 1 fully saturated rings. The Kier molecular flexibility index (Phi) is 11.0. The summed E-state index contributed by atoms with van der Waals surface area (Å²) in [6.07, 6.45) is 3.08. The van der Waals surface area contributed by atoms with Crippen LogP contribution in [0.1, 0.15) is 74.0 Å². The quantitative estimate of drug-likeness (QED) is 0.188. The van der Waals surface area contributed by atoms with Crippen LogP contribution in [0.15, 0.2) is 53.7 Å². The van der Waals surface area contributed by atoms with Crippen LogP contribution in [0.3, 0.4) is 0 Å². The predicted octanol–water partition coefficient (Wildman–Crippen LogP) is 4.40. The van der Waals surface area contributed by atoms with E-state index in [2.05, 4.69) is 20.8 Å². The average molecular weight is 570 g/mol. The highest BCUT2D eigenvalue weighted by Gasteiger charge is 2.32. The number of carbonyl (C=O) groups is 2. The lowest BCUT2D eigenvalue weighted by atomic mass is 10.0. The second-order valence-electron chi connectivity index (χ2n) is 9.73. The second-order valence-corrected chi connectivity index (χ2v) is 10.7. The van der Waals surface area contributed by atoms with Gasteiger partial charge >= 0.3 is 5.97 Å². The summed E-state index contributed by atoms with van der Waals surface area (Å²) in [6.45, 7) is -0.0220. The first-order chi connectivity index (χ1) is 19.4. The first-order valence-electron chi connectivity index (χ1n) is 13.4. The van der Waals surface area contributed by atoms with Crippen LogP contribution in [-0.2, 0) is 32.7 Å². The Hall–Kier alpha value is -3.32. The maximum Gasteiger partial charge on any atom is 0.303 e. The fraction of sp³-hybridized carbons (Fsp3) is 0.464. The number of nitrogens with zero attached hydrogens (tertiary/aromatic N) is 4. The molecule has 2 aromatic carbocycles. The molecule has 0 radical (unpaired) electrons. The van der Waals surface area contributed by atoms with Gasteiger partial charge in [-0.2, -0.15) is 0 Å². The monoisotopic (exact) mass is 569 g/mol. The molecule has 0 unspecified atom stereocenters. The van der Waals surface area contributed by atoms with Gasteiger partial charge in [-0.15, -0.1) is 5.10 Å². The predicted molar refractivity (Wildman–Crippen MR) is 148 cm³/mol. The molecule has 214 valence electrons. The number of ether oxygens (including phenoxy) is 2. The van der Waals surface area contributed by atoms with Gasteiger partial charge in [0.15, 0.2) is 6.29 Å². The topological polar surface area (TPSA) is 149 Å². The Labute approximate surface area is 237 Å². The van der Waals surface area contributed by atoms with Gasteiger partial charge < -0.3 is 25.0 Å². The molecule has 0 saturated carbocycles. The van der Waals surface area contributed by atoms with Crippen molar-refractivity contribution in [1.29, 1.82) is 0 Å². The van der Waals surface area contributed by atoms with Crippen molar-refractivity contribution in [1.82, 2.24) is 20.2 Å². The number of carboxylic acids is 1. The maximum absolute atomic E-state index is 12.5. The number of aromatic nitrogens is 4. The highest BCUT2D eigenvalue weighted by molar-refractivity contribution is 7.99. The molecule has 1 aliphatic heterocycles. The van der Waals surface area contributed by atoms with Crippen LogP contribution in [0.2, 0.25) is 0 Å². The number of aliphatic carboxylic acids is 1. The molecule has 3 atom stereocenters. The number of carboxylic acid groups (broad SMARTS) is 1. The number of aryl methyl sites for hydroxylation is 1. The first-order valence-corrected chi connectivity index (χ1v) is 14.4. The molecule has 2 heterocycles. The summed E-state index contributed by atoms with van der Waals surface area (Å²) in [4.78, 5) is 23.1. The van der Waals surface area contributed by atoms with E-state index in [1.54, 1.807) is 11.7 Å². The van der Waals surface area contributed by atoms with Crippen LogP contribution >= 0.6 is 11.8 Å². The molecule has 0 spiro atoms. The zero-order valence-corrected chi connectivity index (χ0v) is 23.3. The molecule has 1 saturated heterocycles. The Morgan fingerprint density at radius 3 is 2.52 bits per heavy atom. The average Bonchev–Trinajstić information content (AvgIpc) is 3.38. The molecule has 1 amide bonds. The minimum Gasteiger partial charge on any atom is -0.481 e. The molecular weight excluding hydrogens is 534 g/mol. The summed E-state index contributed by atoms with van der Waals surface area (Å²) < 4.78 is 14.4. The normalized spacial score (nSPS) is 18.9. The van der Waals surface area contributed by atoms with Crippen LogP contribution in [0, 0.1) is 0 Å². The van der Waals surface area contributed by atoms with Crippen LogP contribution in [0.5, 0.6) is 0 Å². The van der Waals surface area contributed by atoms with Crippen LogP contribution in [0.4, 0.5) is 5.69 Å². The summed E-state index contributed by atoms with van der Waals surface area (Å²) in [5.41, 5.74) is 3.27. The van der Waals surface area contributed by atoms with E-state index in [9.17, 15) is 14.7 Å².